The third kappa shape index (κ3) is 4.14. The van der Waals surface area contributed by atoms with Crippen LogP contribution in [0.2, 0.25) is 0 Å². The van der Waals surface area contributed by atoms with Crippen molar-refractivity contribution in [2.75, 3.05) is 32.1 Å². The Morgan fingerprint density at radius 1 is 0.870 bits per heavy atom. The van der Waals surface area contributed by atoms with Crippen LogP contribution < -0.4 is 4.90 Å². The van der Waals surface area contributed by atoms with Gasteiger partial charge in [-0.25, -0.2) is 0 Å². The predicted octanol–water partition coefficient (Wildman–Crippen LogP) is 4.52. The monoisotopic (exact) mass is 308 g/mol. The summed E-state index contributed by atoms with van der Waals surface area (Å²) in [7, 11) is 4.20. The van der Waals surface area contributed by atoms with Gasteiger partial charge in [0.05, 0.1) is 0 Å². The molecular formula is C21H28N2. The lowest BCUT2D eigenvalue weighted by molar-refractivity contribution is 0.162. The normalized spacial score (nSPS) is 17.0. The van der Waals surface area contributed by atoms with Gasteiger partial charge in [0.15, 0.2) is 0 Å². The van der Waals surface area contributed by atoms with E-state index in [1.54, 1.807) is 0 Å². The lowest BCUT2D eigenvalue weighted by Gasteiger charge is -2.35. The highest BCUT2D eigenvalue weighted by Crippen LogP contribution is 2.29. The van der Waals surface area contributed by atoms with Crippen LogP contribution in [-0.2, 0) is 6.42 Å². The molecule has 1 heterocycles. The Labute approximate surface area is 140 Å². The molecule has 0 N–H and O–H groups in total. The predicted molar refractivity (Wildman–Crippen MR) is 99.1 cm³/mol. The van der Waals surface area contributed by atoms with Gasteiger partial charge in [-0.3, -0.25) is 4.90 Å². The van der Waals surface area contributed by atoms with Gasteiger partial charge in [0.25, 0.3) is 0 Å². The molecule has 1 aliphatic heterocycles. The van der Waals surface area contributed by atoms with Crippen LogP contribution in [-0.4, -0.2) is 32.1 Å². The molecule has 2 nitrogen and oxygen atoms in total. The van der Waals surface area contributed by atoms with Gasteiger partial charge in [-0.1, -0.05) is 48.9 Å². The number of nitrogens with zero attached hydrogens (tertiary/aromatic N) is 2. The number of piperidine rings is 1. The Morgan fingerprint density at radius 3 is 2.13 bits per heavy atom. The number of hydrogen-bond donors (Lipinski definition) is 0. The van der Waals surface area contributed by atoms with Crippen LogP contribution in [0.3, 0.4) is 0 Å². The van der Waals surface area contributed by atoms with Crippen LogP contribution in [0.25, 0.3) is 0 Å². The smallest absolute Gasteiger partial charge is 0.0388 e. The Hall–Kier alpha value is -1.80. The van der Waals surface area contributed by atoms with Gasteiger partial charge in [0.1, 0.15) is 0 Å². The molecule has 2 heteroatoms. The fraction of sp³-hybridized carbons (Fsp3) is 0.429. The highest BCUT2D eigenvalue weighted by molar-refractivity contribution is 5.46. The van der Waals surface area contributed by atoms with E-state index in [-0.39, 0.29) is 0 Å². The summed E-state index contributed by atoms with van der Waals surface area (Å²) >= 11 is 0. The molecule has 1 atom stereocenters. The van der Waals surface area contributed by atoms with Gasteiger partial charge < -0.3 is 4.90 Å². The van der Waals surface area contributed by atoms with E-state index in [4.69, 9.17) is 0 Å². The lowest BCUT2D eigenvalue weighted by atomic mass is 9.95. The number of anilines is 1. The maximum atomic E-state index is 2.68. The van der Waals surface area contributed by atoms with Crippen molar-refractivity contribution in [2.24, 2.45) is 0 Å². The van der Waals surface area contributed by atoms with Crippen molar-refractivity contribution in [3.63, 3.8) is 0 Å². The molecule has 2 aromatic rings. The van der Waals surface area contributed by atoms with Crippen molar-refractivity contribution >= 4 is 5.69 Å². The third-order valence-electron chi connectivity index (χ3n) is 4.90. The maximum Gasteiger partial charge on any atom is 0.0388 e. The first kappa shape index (κ1) is 16.1. The van der Waals surface area contributed by atoms with E-state index in [9.17, 15) is 0 Å². The first-order valence-corrected chi connectivity index (χ1v) is 8.79. The second-order valence-electron chi connectivity index (χ2n) is 6.79. The van der Waals surface area contributed by atoms with Gasteiger partial charge in [0.2, 0.25) is 0 Å². The van der Waals surface area contributed by atoms with Crippen molar-refractivity contribution < 1.29 is 0 Å². The minimum atomic E-state index is 0.494. The molecule has 1 fully saturated rings. The summed E-state index contributed by atoms with van der Waals surface area (Å²) in [6, 6.07) is 20.5. The minimum absolute atomic E-state index is 0.494. The van der Waals surface area contributed by atoms with Gasteiger partial charge in [-0.15, -0.1) is 0 Å². The van der Waals surface area contributed by atoms with Crippen molar-refractivity contribution in [1.82, 2.24) is 4.90 Å². The molecule has 23 heavy (non-hydrogen) atoms. The van der Waals surface area contributed by atoms with E-state index in [0.717, 1.165) is 6.42 Å². The van der Waals surface area contributed by atoms with E-state index in [1.807, 2.05) is 0 Å². The quantitative estimate of drug-likeness (QED) is 0.801. The second-order valence-corrected chi connectivity index (χ2v) is 6.79. The Morgan fingerprint density at radius 2 is 1.52 bits per heavy atom. The molecule has 0 aromatic heterocycles. The van der Waals surface area contributed by atoms with Crippen LogP contribution in [0.15, 0.2) is 54.6 Å². The van der Waals surface area contributed by atoms with Crippen LogP contribution in [0.5, 0.6) is 0 Å². The van der Waals surface area contributed by atoms with Gasteiger partial charge in [0, 0.05) is 25.8 Å². The third-order valence-corrected chi connectivity index (χ3v) is 4.90. The first-order valence-electron chi connectivity index (χ1n) is 8.79. The van der Waals surface area contributed by atoms with E-state index in [2.05, 4.69) is 78.5 Å². The molecule has 0 radical (unpaired) electrons. The SMILES string of the molecule is CN(C)c1ccc(C(Cc2ccccc2)N2CCCCC2)cc1. The summed E-state index contributed by atoms with van der Waals surface area (Å²) in [5.41, 5.74) is 4.15. The summed E-state index contributed by atoms with van der Waals surface area (Å²) < 4.78 is 0. The van der Waals surface area contributed by atoms with Crippen molar-refractivity contribution in [3.8, 4) is 0 Å². The molecule has 1 unspecified atom stereocenters. The molecule has 1 aliphatic rings. The van der Waals surface area contributed by atoms with Crippen LogP contribution in [0.1, 0.15) is 36.4 Å². The van der Waals surface area contributed by atoms with Crippen molar-refractivity contribution in [2.45, 2.75) is 31.7 Å². The maximum absolute atomic E-state index is 2.68. The van der Waals surface area contributed by atoms with E-state index >= 15 is 0 Å². The molecule has 3 rings (SSSR count). The summed E-state index contributed by atoms with van der Waals surface area (Å²) in [6.45, 7) is 2.46. The minimum Gasteiger partial charge on any atom is -0.378 e. The van der Waals surface area contributed by atoms with Gasteiger partial charge in [-0.2, -0.15) is 0 Å². The van der Waals surface area contributed by atoms with Gasteiger partial charge >= 0.3 is 0 Å². The fourth-order valence-electron chi connectivity index (χ4n) is 3.52. The zero-order valence-corrected chi connectivity index (χ0v) is 14.4. The summed E-state index contributed by atoms with van der Waals surface area (Å²) in [5.74, 6) is 0. The highest BCUT2D eigenvalue weighted by Gasteiger charge is 2.22. The molecular weight excluding hydrogens is 280 g/mol. The molecule has 1 saturated heterocycles. The fourth-order valence-corrected chi connectivity index (χ4v) is 3.52. The largest absolute Gasteiger partial charge is 0.378 e. The Kier molecular flexibility index (Phi) is 5.35. The van der Waals surface area contributed by atoms with Gasteiger partial charge in [-0.05, 0) is 55.6 Å². The number of benzene rings is 2. The van der Waals surface area contributed by atoms with E-state index in [1.165, 1.54) is 49.2 Å². The molecule has 0 amide bonds. The zero-order valence-electron chi connectivity index (χ0n) is 14.4. The van der Waals surface area contributed by atoms with Crippen molar-refractivity contribution in [1.29, 1.82) is 0 Å². The topological polar surface area (TPSA) is 6.48 Å². The molecule has 0 aliphatic carbocycles. The highest BCUT2D eigenvalue weighted by atomic mass is 15.2. The van der Waals surface area contributed by atoms with Crippen molar-refractivity contribution in [3.05, 3.63) is 65.7 Å². The molecule has 0 spiro atoms. The lowest BCUT2D eigenvalue weighted by Crippen LogP contribution is -2.34. The first-order chi connectivity index (χ1) is 11.2. The summed E-state index contributed by atoms with van der Waals surface area (Å²) in [5, 5.41) is 0. The zero-order chi connectivity index (χ0) is 16.1. The Bertz CT molecular complexity index is 583. The van der Waals surface area contributed by atoms with Crippen LogP contribution >= 0.6 is 0 Å². The number of likely N-dealkylation sites (tertiary alicyclic amines) is 1. The standard InChI is InChI=1S/C21H28N2/c1-22(2)20-13-11-19(12-14-20)21(23-15-7-4-8-16-23)17-18-9-5-3-6-10-18/h3,5-6,9-14,21H,4,7-8,15-17H2,1-2H3. The molecule has 122 valence electrons. The van der Waals surface area contributed by atoms with E-state index < -0.39 is 0 Å². The average Bonchev–Trinajstić information content (AvgIpc) is 2.61. The van der Waals surface area contributed by atoms with Crippen LogP contribution in [0, 0.1) is 0 Å². The second kappa shape index (κ2) is 7.65. The molecule has 2 aromatic carbocycles. The average molecular weight is 308 g/mol. The molecule has 0 bridgehead atoms. The summed E-state index contributed by atoms with van der Waals surface area (Å²) in [4.78, 5) is 4.85. The number of rotatable bonds is 5. The van der Waals surface area contributed by atoms with E-state index in [0.29, 0.717) is 6.04 Å². The number of hydrogen-bond acceptors (Lipinski definition) is 2. The Balaban J connectivity index is 1.84. The van der Waals surface area contributed by atoms with Crippen LogP contribution in [0.4, 0.5) is 5.69 Å². The summed E-state index contributed by atoms with van der Waals surface area (Å²) in [6.07, 6.45) is 5.15. The molecule has 0 saturated carbocycles.